The molecule has 4 heteroatoms. The second kappa shape index (κ2) is 11.2. The lowest BCUT2D eigenvalue weighted by Crippen LogP contribution is -2.10. The molecule has 29 heavy (non-hydrogen) atoms. The Kier molecular flexibility index (Phi) is 8.39. The lowest BCUT2D eigenvalue weighted by atomic mass is 10.2. The molecule has 0 aliphatic carbocycles. The highest BCUT2D eigenvalue weighted by molar-refractivity contribution is 6.06. The van der Waals surface area contributed by atoms with Gasteiger partial charge in [-0.05, 0) is 17.2 Å². The van der Waals surface area contributed by atoms with Crippen LogP contribution in [0.25, 0.3) is 10.9 Å². The summed E-state index contributed by atoms with van der Waals surface area (Å²) in [6.07, 6.45) is 3.17. The zero-order chi connectivity index (χ0) is 21.1. The van der Waals surface area contributed by atoms with Gasteiger partial charge in [0, 0.05) is 29.9 Å². The number of nitrogens with one attached hydrogen (secondary N) is 1. The van der Waals surface area contributed by atoms with E-state index in [4.69, 9.17) is 11.1 Å². The number of primary amides is 1. The molecule has 0 saturated heterocycles. The largest absolute Gasteiger partial charge is 0.366 e. The summed E-state index contributed by atoms with van der Waals surface area (Å²) < 4.78 is 2.06. The number of hydrogen-bond acceptors (Lipinski definition) is 2. The van der Waals surface area contributed by atoms with Crippen LogP contribution in [0.1, 0.15) is 35.3 Å². The third-order valence-corrected chi connectivity index (χ3v) is 4.22. The number of para-hydroxylation sites is 1. The molecule has 0 fully saturated rings. The van der Waals surface area contributed by atoms with Crippen LogP contribution in [0.15, 0.2) is 91.1 Å². The molecule has 0 radical (unpaired) electrons. The van der Waals surface area contributed by atoms with Gasteiger partial charge in [0.2, 0.25) is 0 Å². The van der Waals surface area contributed by atoms with Crippen molar-refractivity contribution in [1.29, 1.82) is 5.41 Å². The minimum atomic E-state index is -0.386. The summed E-state index contributed by atoms with van der Waals surface area (Å²) in [4.78, 5) is 11.5. The van der Waals surface area contributed by atoms with E-state index < -0.39 is 0 Å². The van der Waals surface area contributed by atoms with Gasteiger partial charge < -0.3 is 15.7 Å². The van der Waals surface area contributed by atoms with Crippen molar-refractivity contribution in [3.05, 3.63) is 108 Å². The molecule has 1 amide bonds. The van der Waals surface area contributed by atoms with E-state index >= 15 is 0 Å². The topological polar surface area (TPSA) is 71.9 Å². The third-order valence-electron chi connectivity index (χ3n) is 4.22. The molecule has 148 valence electrons. The molecule has 1 heterocycles. The average Bonchev–Trinajstić information content (AvgIpc) is 3.16. The number of carbonyl (C=O) groups is 1. The Morgan fingerprint density at radius 1 is 0.897 bits per heavy atom. The van der Waals surface area contributed by atoms with Crippen LogP contribution < -0.4 is 5.73 Å². The summed E-state index contributed by atoms with van der Waals surface area (Å²) in [5, 5.41) is 7.73. The number of nitrogens with zero attached hydrogens (tertiary/aromatic N) is 1. The van der Waals surface area contributed by atoms with Crippen molar-refractivity contribution in [3.8, 4) is 0 Å². The quantitative estimate of drug-likeness (QED) is 0.447. The van der Waals surface area contributed by atoms with Crippen molar-refractivity contribution >= 4 is 23.0 Å². The van der Waals surface area contributed by atoms with Gasteiger partial charge in [0.1, 0.15) is 0 Å². The molecule has 0 saturated carbocycles. The lowest BCUT2D eigenvalue weighted by molar-refractivity contribution is 0.100. The number of hydrogen-bond donors (Lipinski definition) is 2. The van der Waals surface area contributed by atoms with E-state index in [0.29, 0.717) is 5.56 Å². The molecular formula is C25H27N3O. The Balaban J connectivity index is 0.000000252. The number of carbonyl (C=O) groups excluding carboxylic acids is 1. The van der Waals surface area contributed by atoms with Crippen LogP contribution in [0, 0.1) is 5.41 Å². The second-order valence-corrected chi connectivity index (χ2v) is 6.09. The monoisotopic (exact) mass is 385 g/mol. The fraction of sp³-hybridized carbons (Fsp3) is 0.120. The molecule has 0 aliphatic heterocycles. The van der Waals surface area contributed by atoms with E-state index in [2.05, 4.69) is 16.7 Å². The molecule has 0 bridgehead atoms. The smallest absolute Gasteiger partial charge is 0.250 e. The lowest BCUT2D eigenvalue weighted by Gasteiger charge is -2.05. The summed E-state index contributed by atoms with van der Waals surface area (Å²) in [5.41, 5.74) is 9.18. The van der Waals surface area contributed by atoms with E-state index in [-0.39, 0.29) is 5.91 Å². The molecule has 1 aromatic heterocycles. The van der Waals surface area contributed by atoms with Crippen LogP contribution in [0.2, 0.25) is 0 Å². The Hall–Kier alpha value is -3.66. The van der Waals surface area contributed by atoms with E-state index in [0.717, 1.165) is 23.0 Å². The van der Waals surface area contributed by atoms with E-state index in [1.54, 1.807) is 0 Å². The molecule has 0 unspecified atom stereocenters. The molecule has 3 aromatic carbocycles. The van der Waals surface area contributed by atoms with Gasteiger partial charge in [-0.1, -0.05) is 92.7 Å². The highest BCUT2D eigenvalue weighted by Gasteiger charge is 2.11. The van der Waals surface area contributed by atoms with Crippen molar-refractivity contribution in [2.75, 3.05) is 0 Å². The third kappa shape index (κ3) is 5.91. The van der Waals surface area contributed by atoms with Gasteiger partial charge in [0.15, 0.2) is 0 Å². The SMILES string of the molecule is CC.N=Cc1ccccc1.NC(=O)c1cn(Cc2ccccc2)c2ccccc12. The van der Waals surface area contributed by atoms with Gasteiger partial charge in [-0.15, -0.1) is 0 Å². The van der Waals surface area contributed by atoms with Crippen LogP contribution in [0.4, 0.5) is 0 Å². The van der Waals surface area contributed by atoms with Crippen molar-refractivity contribution in [1.82, 2.24) is 4.57 Å². The average molecular weight is 386 g/mol. The Morgan fingerprint density at radius 2 is 1.45 bits per heavy atom. The predicted molar refractivity (Wildman–Crippen MR) is 122 cm³/mol. The minimum absolute atomic E-state index is 0.386. The summed E-state index contributed by atoms with van der Waals surface area (Å²) in [7, 11) is 0. The fourth-order valence-corrected chi connectivity index (χ4v) is 2.90. The van der Waals surface area contributed by atoms with Gasteiger partial charge in [-0.25, -0.2) is 0 Å². The van der Waals surface area contributed by atoms with Crippen LogP contribution in [0.3, 0.4) is 0 Å². The summed E-state index contributed by atoms with van der Waals surface area (Å²) in [5.74, 6) is -0.386. The highest BCUT2D eigenvalue weighted by Crippen LogP contribution is 2.22. The highest BCUT2D eigenvalue weighted by atomic mass is 16.1. The van der Waals surface area contributed by atoms with Crippen molar-refractivity contribution in [2.24, 2.45) is 5.73 Å². The van der Waals surface area contributed by atoms with E-state index in [1.165, 1.54) is 11.8 Å². The number of benzene rings is 3. The zero-order valence-electron chi connectivity index (χ0n) is 16.9. The molecule has 0 atom stereocenters. The molecule has 4 nitrogen and oxygen atoms in total. The van der Waals surface area contributed by atoms with Crippen LogP contribution in [0.5, 0.6) is 0 Å². The molecular weight excluding hydrogens is 358 g/mol. The maximum absolute atomic E-state index is 11.5. The Labute approximate surface area is 172 Å². The number of rotatable bonds is 4. The minimum Gasteiger partial charge on any atom is -0.366 e. The molecule has 4 aromatic rings. The molecule has 0 aliphatic rings. The zero-order valence-corrected chi connectivity index (χ0v) is 16.9. The standard InChI is InChI=1S/C16H14N2O.C7H7N.C2H6/c17-16(19)14-11-18(10-12-6-2-1-3-7-12)15-9-5-4-8-13(14)15;8-6-7-4-2-1-3-5-7;1-2/h1-9,11H,10H2,(H2,17,19);1-6,8H;1-2H3. The normalized spacial score (nSPS) is 9.59. The maximum atomic E-state index is 11.5. The molecule has 4 rings (SSSR count). The van der Waals surface area contributed by atoms with Crippen molar-refractivity contribution < 1.29 is 4.79 Å². The first kappa shape index (κ1) is 21.6. The van der Waals surface area contributed by atoms with E-state index in [9.17, 15) is 4.79 Å². The van der Waals surface area contributed by atoms with Crippen LogP contribution >= 0.6 is 0 Å². The van der Waals surface area contributed by atoms with Gasteiger partial charge in [-0.3, -0.25) is 4.79 Å². The first-order valence-electron chi connectivity index (χ1n) is 9.66. The second-order valence-electron chi connectivity index (χ2n) is 6.09. The van der Waals surface area contributed by atoms with E-state index in [1.807, 2.05) is 92.8 Å². The fourth-order valence-electron chi connectivity index (χ4n) is 2.90. The summed E-state index contributed by atoms with van der Waals surface area (Å²) in [6, 6.07) is 27.5. The van der Waals surface area contributed by atoms with Gasteiger partial charge >= 0.3 is 0 Å². The number of fused-ring (bicyclic) bond motifs is 1. The number of amides is 1. The van der Waals surface area contributed by atoms with Crippen molar-refractivity contribution in [2.45, 2.75) is 20.4 Å². The Bertz CT molecular complexity index is 1040. The summed E-state index contributed by atoms with van der Waals surface area (Å²) >= 11 is 0. The van der Waals surface area contributed by atoms with Gasteiger partial charge in [0.25, 0.3) is 5.91 Å². The first-order valence-corrected chi connectivity index (χ1v) is 9.66. The van der Waals surface area contributed by atoms with Crippen LogP contribution in [-0.4, -0.2) is 16.7 Å². The number of nitrogens with two attached hydrogens (primary N) is 1. The first-order chi connectivity index (χ1) is 14.2. The molecule has 0 spiro atoms. The van der Waals surface area contributed by atoms with Crippen molar-refractivity contribution in [3.63, 3.8) is 0 Å². The molecule has 3 N–H and O–H groups in total. The predicted octanol–water partition coefficient (Wildman–Crippen LogP) is 5.50. The van der Waals surface area contributed by atoms with Gasteiger partial charge in [0.05, 0.1) is 5.56 Å². The Morgan fingerprint density at radius 3 is 2.00 bits per heavy atom. The summed E-state index contributed by atoms with van der Waals surface area (Å²) in [6.45, 7) is 4.73. The maximum Gasteiger partial charge on any atom is 0.250 e. The number of aromatic nitrogens is 1. The van der Waals surface area contributed by atoms with Gasteiger partial charge in [-0.2, -0.15) is 0 Å². The van der Waals surface area contributed by atoms with Crippen LogP contribution in [-0.2, 0) is 6.54 Å².